The predicted octanol–water partition coefficient (Wildman–Crippen LogP) is 2.61. The van der Waals surface area contributed by atoms with Gasteiger partial charge < -0.3 is 4.74 Å². The lowest BCUT2D eigenvalue weighted by Crippen LogP contribution is -2.64. The fourth-order valence-corrected chi connectivity index (χ4v) is 3.68. The molecule has 0 saturated carbocycles. The smallest absolute Gasteiger partial charge is 0.127 e. The second-order valence-corrected chi connectivity index (χ2v) is 6.20. The lowest BCUT2D eigenvalue weighted by Gasteiger charge is -2.49. The third-order valence-electron chi connectivity index (χ3n) is 4.93. The molecule has 3 fully saturated rings. The molecule has 3 nitrogen and oxygen atoms in total. The minimum atomic E-state index is 0.221. The first-order valence-corrected chi connectivity index (χ1v) is 7.92. The highest BCUT2D eigenvalue weighted by atomic mass is 16.5. The van der Waals surface area contributed by atoms with Gasteiger partial charge in [0.1, 0.15) is 11.9 Å². The second kappa shape index (κ2) is 5.32. The molecule has 0 aliphatic carbocycles. The number of fused-ring (bicyclic) bond motifs is 4. The number of ether oxygens (including phenoxy) is 1. The van der Waals surface area contributed by atoms with Crippen LogP contribution < -0.4 is 4.74 Å². The monoisotopic (exact) mass is 282 g/mol. The van der Waals surface area contributed by atoms with E-state index in [9.17, 15) is 0 Å². The van der Waals surface area contributed by atoms with E-state index < -0.39 is 0 Å². The number of rotatable bonds is 3. The molecule has 0 amide bonds. The number of nitrogens with zero attached hydrogens (tertiary/aromatic N) is 2. The third-order valence-corrected chi connectivity index (χ3v) is 4.93. The van der Waals surface area contributed by atoms with Gasteiger partial charge >= 0.3 is 0 Å². The Hall–Kier alpha value is -1.58. The first-order chi connectivity index (χ1) is 10.3. The molecule has 2 atom stereocenters. The van der Waals surface area contributed by atoms with Crippen molar-refractivity contribution in [2.24, 2.45) is 0 Å². The molecule has 2 aromatic rings. The molecule has 0 unspecified atom stereocenters. The van der Waals surface area contributed by atoms with Crippen LogP contribution in [0.2, 0.25) is 0 Å². The zero-order chi connectivity index (χ0) is 14.2. The Labute approximate surface area is 126 Å². The van der Waals surface area contributed by atoms with Gasteiger partial charge in [0.2, 0.25) is 0 Å². The van der Waals surface area contributed by atoms with E-state index >= 15 is 0 Å². The fourth-order valence-electron chi connectivity index (χ4n) is 3.68. The first kappa shape index (κ1) is 13.1. The van der Waals surface area contributed by atoms with Crippen molar-refractivity contribution < 1.29 is 4.74 Å². The van der Waals surface area contributed by atoms with E-state index in [1.165, 1.54) is 37.0 Å². The minimum absolute atomic E-state index is 0.221. The van der Waals surface area contributed by atoms with Crippen molar-refractivity contribution in [1.29, 1.82) is 0 Å². The Bertz CT molecular complexity index is 629. The van der Waals surface area contributed by atoms with Crippen molar-refractivity contribution in [3.05, 3.63) is 42.5 Å². The zero-order valence-electron chi connectivity index (χ0n) is 12.5. The van der Waals surface area contributed by atoms with Gasteiger partial charge in [-0.2, -0.15) is 0 Å². The summed E-state index contributed by atoms with van der Waals surface area (Å²) in [6.07, 6.45) is 0.221. The van der Waals surface area contributed by atoms with Gasteiger partial charge in [-0.15, -0.1) is 0 Å². The summed E-state index contributed by atoms with van der Waals surface area (Å²) in [5.41, 5.74) is 0. The molecule has 0 aromatic heterocycles. The van der Waals surface area contributed by atoms with Gasteiger partial charge in [-0.25, -0.2) is 0 Å². The van der Waals surface area contributed by atoms with E-state index in [-0.39, 0.29) is 6.10 Å². The Balaban J connectivity index is 1.57. The SMILES string of the molecule is C[C@@H](Oc1cccc2ccccc12)[C@@H]1CN2CCN1CC2. The molecule has 2 aromatic carbocycles. The highest BCUT2D eigenvalue weighted by Crippen LogP contribution is 2.28. The molecule has 3 saturated heterocycles. The Morgan fingerprint density at radius 2 is 1.76 bits per heavy atom. The standard InChI is InChI=1S/C18H22N2O/c1-14(17-13-19-9-11-20(17)12-10-19)21-18-8-4-6-15-5-2-3-7-16(15)18/h2-8,14,17H,9-13H2,1H3/t14-,17+/m1/s1. The molecule has 21 heavy (non-hydrogen) atoms. The normalized spacial score (nSPS) is 29.5. The molecule has 0 N–H and O–H groups in total. The van der Waals surface area contributed by atoms with E-state index in [2.05, 4.69) is 59.2 Å². The van der Waals surface area contributed by atoms with Crippen LogP contribution in [0.15, 0.2) is 42.5 Å². The van der Waals surface area contributed by atoms with E-state index in [4.69, 9.17) is 4.74 Å². The van der Waals surface area contributed by atoms with Crippen molar-refractivity contribution in [1.82, 2.24) is 9.80 Å². The van der Waals surface area contributed by atoms with Crippen LogP contribution in [0.5, 0.6) is 5.75 Å². The van der Waals surface area contributed by atoms with Gasteiger partial charge in [0, 0.05) is 38.1 Å². The summed E-state index contributed by atoms with van der Waals surface area (Å²) in [7, 11) is 0. The number of benzene rings is 2. The van der Waals surface area contributed by atoms with Crippen molar-refractivity contribution >= 4 is 10.8 Å². The summed E-state index contributed by atoms with van der Waals surface area (Å²) in [5.74, 6) is 1.01. The van der Waals surface area contributed by atoms with E-state index in [0.29, 0.717) is 6.04 Å². The minimum Gasteiger partial charge on any atom is -0.488 e. The Kier molecular flexibility index (Phi) is 3.32. The summed E-state index contributed by atoms with van der Waals surface area (Å²) in [6, 6.07) is 15.3. The van der Waals surface area contributed by atoms with Gasteiger partial charge in [0.25, 0.3) is 0 Å². The van der Waals surface area contributed by atoms with Crippen LogP contribution in [0.1, 0.15) is 6.92 Å². The molecule has 0 radical (unpaired) electrons. The number of hydrogen-bond acceptors (Lipinski definition) is 3. The summed E-state index contributed by atoms with van der Waals surface area (Å²) in [6.45, 7) is 8.18. The van der Waals surface area contributed by atoms with Crippen LogP contribution >= 0.6 is 0 Å². The van der Waals surface area contributed by atoms with Crippen LogP contribution in [0.4, 0.5) is 0 Å². The number of piperazine rings is 3. The highest BCUT2D eigenvalue weighted by Gasteiger charge is 2.36. The van der Waals surface area contributed by atoms with Crippen molar-refractivity contribution in [3.63, 3.8) is 0 Å². The van der Waals surface area contributed by atoms with Crippen LogP contribution in [-0.2, 0) is 0 Å². The largest absolute Gasteiger partial charge is 0.488 e. The van der Waals surface area contributed by atoms with Crippen LogP contribution in [0.3, 0.4) is 0 Å². The van der Waals surface area contributed by atoms with E-state index in [1.54, 1.807) is 0 Å². The lowest BCUT2D eigenvalue weighted by atomic mass is 10.0. The quantitative estimate of drug-likeness (QED) is 0.860. The second-order valence-electron chi connectivity index (χ2n) is 6.20. The van der Waals surface area contributed by atoms with Crippen LogP contribution in [-0.4, -0.2) is 54.7 Å². The summed E-state index contributed by atoms with van der Waals surface area (Å²) in [4.78, 5) is 5.16. The van der Waals surface area contributed by atoms with Gasteiger partial charge in [-0.3, -0.25) is 9.80 Å². The predicted molar refractivity (Wildman–Crippen MR) is 85.8 cm³/mol. The Morgan fingerprint density at radius 1 is 1.00 bits per heavy atom. The molecule has 3 aliphatic rings. The van der Waals surface area contributed by atoms with Crippen LogP contribution in [0.25, 0.3) is 10.8 Å². The molecule has 5 rings (SSSR count). The molecule has 3 heteroatoms. The van der Waals surface area contributed by atoms with Crippen molar-refractivity contribution in [3.8, 4) is 5.75 Å². The van der Waals surface area contributed by atoms with Gasteiger partial charge in [0.05, 0.1) is 6.04 Å². The maximum atomic E-state index is 6.35. The maximum absolute atomic E-state index is 6.35. The molecule has 3 aliphatic heterocycles. The summed E-state index contributed by atoms with van der Waals surface area (Å²) in [5, 5.41) is 2.46. The highest BCUT2D eigenvalue weighted by molar-refractivity contribution is 5.88. The van der Waals surface area contributed by atoms with Gasteiger partial charge in [-0.1, -0.05) is 36.4 Å². The molecular weight excluding hydrogens is 260 g/mol. The van der Waals surface area contributed by atoms with Crippen molar-refractivity contribution in [2.45, 2.75) is 19.1 Å². The van der Waals surface area contributed by atoms with Crippen molar-refractivity contribution in [2.75, 3.05) is 32.7 Å². The first-order valence-electron chi connectivity index (χ1n) is 7.92. The molecular formula is C18H22N2O. The molecule has 3 heterocycles. The molecule has 2 bridgehead atoms. The summed E-state index contributed by atoms with van der Waals surface area (Å²) >= 11 is 0. The van der Waals surface area contributed by atoms with Gasteiger partial charge in [-0.05, 0) is 18.4 Å². The van der Waals surface area contributed by atoms with E-state index in [0.717, 1.165) is 12.3 Å². The average Bonchev–Trinajstić information content (AvgIpc) is 2.56. The maximum Gasteiger partial charge on any atom is 0.127 e. The lowest BCUT2D eigenvalue weighted by molar-refractivity contribution is -0.0318. The zero-order valence-corrected chi connectivity index (χ0v) is 12.5. The van der Waals surface area contributed by atoms with E-state index in [1.807, 2.05) is 0 Å². The van der Waals surface area contributed by atoms with Crippen LogP contribution in [0, 0.1) is 0 Å². The topological polar surface area (TPSA) is 15.7 Å². The summed E-state index contributed by atoms with van der Waals surface area (Å²) < 4.78 is 6.35. The molecule has 110 valence electrons. The molecule has 0 spiro atoms. The Morgan fingerprint density at radius 3 is 2.52 bits per heavy atom. The number of hydrogen-bond donors (Lipinski definition) is 0. The van der Waals surface area contributed by atoms with Gasteiger partial charge in [0.15, 0.2) is 0 Å². The fraction of sp³-hybridized carbons (Fsp3) is 0.444. The average molecular weight is 282 g/mol. The third kappa shape index (κ3) is 2.41.